The number of thioether (sulfide) groups is 1. The number of pyridine rings is 1. The van der Waals surface area contributed by atoms with Crippen molar-refractivity contribution in [2.45, 2.75) is 4.90 Å². The largest absolute Gasteiger partial charge is 0.270 e. The predicted molar refractivity (Wildman–Crippen MR) is 54.2 cm³/mol. The van der Waals surface area contributed by atoms with Gasteiger partial charge in [-0.25, -0.2) is 9.98 Å². The lowest BCUT2D eigenvalue weighted by atomic mass is 10.2. The van der Waals surface area contributed by atoms with Crippen molar-refractivity contribution in [3.8, 4) is 0 Å². The zero-order valence-corrected chi connectivity index (χ0v) is 8.04. The first kappa shape index (κ1) is 7.94. The number of aromatic nitrogens is 1. The lowest BCUT2D eigenvalue weighted by Crippen LogP contribution is -2.22. The van der Waals surface area contributed by atoms with E-state index in [0.29, 0.717) is 5.36 Å². The third-order valence-electron chi connectivity index (χ3n) is 2.15. The van der Waals surface area contributed by atoms with E-state index in [1.54, 1.807) is 17.8 Å². The van der Waals surface area contributed by atoms with Crippen molar-refractivity contribution in [3.63, 3.8) is 0 Å². The molecule has 1 aromatic rings. The maximum Gasteiger partial charge on any atom is 0.270 e. The Balaban J connectivity index is 2.38. The third-order valence-corrected chi connectivity index (χ3v) is 3.12. The second kappa shape index (κ2) is 2.78. The molecule has 14 heavy (non-hydrogen) atoms. The summed E-state index contributed by atoms with van der Waals surface area (Å²) >= 11 is 1.73. The van der Waals surface area contributed by atoms with Crippen molar-refractivity contribution >= 4 is 29.8 Å². The quantitative estimate of drug-likeness (QED) is 0.601. The summed E-state index contributed by atoms with van der Waals surface area (Å²) in [4.78, 5) is 20.5. The smallest absolute Gasteiger partial charge is 0.267 e. The highest BCUT2D eigenvalue weighted by Crippen LogP contribution is 2.16. The van der Waals surface area contributed by atoms with Gasteiger partial charge in [-0.05, 0) is 18.2 Å². The Morgan fingerprint density at radius 3 is 3.21 bits per heavy atom. The lowest BCUT2D eigenvalue weighted by Gasteiger charge is -2.00. The van der Waals surface area contributed by atoms with Gasteiger partial charge < -0.3 is 0 Å². The van der Waals surface area contributed by atoms with E-state index in [-0.39, 0.29) is 5.91 Å². The average molecular weight is 202 g/mol. The van der Waals surface area contributed by atoms with E-state index in [0.717, 1.165) is 21.7 Å². The topological polar surface area (TPSA) is 42.3 Å². The van der Waals surface area contributed by atoms with Gasteiger partial charge in [-0.15, -0.1) is 11.8 Å². The SMILES string of the molecule is O=C1C=Cc2nc3c(cc2=N1)SCC=3. The fourth-order valence-corrected chi connectivity index (χ4v) is 2.40. The van der Waals surface area contributed by atoms with E-state index in [2.05, 4.69) is 16.1 Å². The number of amides is 1. The van der Waals surface area contributed by atoms with Crippen LogP contribution in [-0.2, 0) is 4.79 Å². The zero-order chi connectivity index (χ0) is 9.54. The van der Waals surface area contributed by atoms with E-state index in [1.165, 1.54) is 6.08 Å². The Morgan fingerprint density at radius 2 is 2.29 bits per heavy atom. The van der Waals surface area contributed by atoms with Crippen LogP contribution in [0.3, 0.4) is 0 Å². The fraction of sp³-hybridized carbons (Fsp3) is 0.100. The van der Waals surface area contributed by atoms with Crippen LogP contribution < -0.4 is 10.7 Å². The molecule has 0 saturated carbocycles. The fourth-order valence-electron chi connectivity index (χ4n) is 1.50. The van der Waals surface area contributed by atoms with E-state index in [4.69, 9.17) is 0 Å². The van der Waals surface area contributed by atoms with Gasteiger partial charge in [-0.1, -0.05) is 0 Å². The first-order chi connectivity index (χ1) is 6.83. The molecule has 1 amide bonds. The first-order valence-electron chi connectivity index (χ1n) is 4.28. The van der Waals surface area contributed by atoms with Crippen molar-refractivity contribution in [2.24, 2.45) is 4.99 Å². The molecule has 0 spiro atoms. The Bertz CT molecular complexity index is 575. The number of rotatable bonds is 0. The van der Waals surface area contributed by atoms with Crippen LogP contribution in [0, 0.1) is 0 Å². The van der Waals surface area contributed by atoms with Gasteiger partial charge in [0.2, 0.25) is 0 Å². The van der Waals surface area contributed by atoms with Gasteiger partial charge in [0.15, 0.2) is 0 Å². The number of carbonyl (C=O) groups is 1. The second-order valence-electron chi connectivity index (χ2n) is 3.07. The minimum absolute atomic E-state index is 0.203. The minimum atomic E-state index is -0.203. The van der Waals surface area contributed by atoms with Gasteiger partial charge in [-0.3, -0.25) is 4.79 Å². The summed E-state index contributed by atoms with van der Waals surface area (Å²) in [6.07, 6.45) is 5.26. The van der Waals surface area contributed by atoms with Gasteiger partial charge in [0.05, 0.1) is 16.4 Å². The highest BCUT2D eigenvalue weighted by molar-refractivity contribution is 7.99. The molecule has 2 aliphatic rings. The van der Waals surface area contributed by atoms with E-state index in [1.807, 2.05) is 6.07 Å². The van der Waals surface area contributed by atoms with Crippen LogP contribution in [0.25, 0.3) is 12.2 Å². The van der Waals surface area contributed by atoms with Gasteiger partial charge in [-0.2, -0.15) is 0 Å². The Morgan fingerprint density at radius 1 is 1.36 bits per heavy atom. The highest BCUT2D eigenvalue weighted by Gasteiger charge is 2.10. The van der Waals surface area contributed by atoms with E-state index >= 15 is 0 Å². The van der Waals surface area contributed by atoms with E-state index < -0.39 is 0 Å². The van der Waals surface area contributed by atoms with Crippen molar-refractivity contribution in [1.82, 2.24) is 4.98 Å². The molecule has 1 aromatic heterocycles. The highest BCUT2D eigenvalue weighted by atomic mass is 32.2. The van der Waals surface area contributed by atoms with Crippen molar-refractivity contribution in [3.05, 3.63) is 28.5 Å². The molecule has 68 valence electrons. The van der Waals surface area contributed by atoms with Crippen LogP contribution in [0.4, 0.5) is 0 Å². The maximum atomic E-state index is 11.0. The van der Waals surface area contributed by atoms with Crippen LogP contribution in [0.5, 0.6) is 0 Å². The number of hydrogen-bond acceptors (Lipinski definition) is 3. The van der Waals surface area contributed by atoms with Crippen LogP contribution in [0.1, 0.15) is 5.69 Å². The first-order valence-corrected chi connectivity index (χ1v) is 5.26. The van der Waals surface area contributed by atoms with Gasteiger partial charge in [0.1, 0.15) is 0 Å². The minimum Gasteiger partial charge on any atom is -0.267 e. The third kappa shape index (κ3) is 1.11. The molecule has 4 heteroatoms. The second-order valence-corrected chi connectivity index (χ2v) is 4.14. The molecular weight excluding hydrogens is 196 g/mol. The van der Waals surface area contributed by atoms with Gasteiger partial charge in [0.25, 0.3) is 5.91 Å². The normalized spacial score (nSPS) is 17.0. The monoisotopic (exact) mass is 202 g/mol. The number of carbonyl (C=O) groups excluding carboxylic acids is 1. The Labute approximate surface area is 84.3 Å². The number of fused-ring (bicyclic) bond motifs is 2. The molecule has 2 aliphatic heterocycles. The summed E-state index contributed by atoms with van der Waals surface area (Å²) in [5.41, 5.74) is 0.794. The molecule has 0 fully saturated rings. The van der Waals surface area contributed by atoms with E-state index in [9.17, 15) is 4.79 Å². The standard InChI is InChI=1S/C10H6N2OS/c13-10-2-1-6-8(12-10)5-9-7(11-6)3-4-14-9/h1-3,5H,4H2. The van der Waals surface area contributed by atoms with Crippen molar-refractivity contribution in [2.75, 3.05) is 5.75 Å². The summed E-state index contributed by atoms with van der Waals surface area (Å²) in [6, 6.07) is 1.94. The van der Waals surface area contributed by atoms with Crippen LogP contribution in [0.15, 0.2) is 22.0 Å². The molecule has 0 unspecified atom stereocenters. The number of hydrogen-bond donors (Lipinski definition) is 0. The summed E-state index contributed by atoms with van der Waals surface area (Å²) in [5.74, 6) is 0.759. The van der Waals surface area contributed by atoms with Gasteiger partial charge in [0, 0.05) is 16.7 Å². The number of nitrogens with zero attached hydrogens (tertiary/aromatic N) is 2. The van der Waals surface area contributed by atoms with Crippen LogP contribution >= 0.6 is 11.8 Å². The summed E-state index contributed by atoms with van der Waals surface area (Å²) in [7, 11) is 0. The molecule has 0 atom stereocenters. The molecule has 3 nitrogen and oxygen atoms in total. The summed E-state index contributed by atoms with van der Waals surface area (Å²) in [5, 5.41) is 1.71. The molecular formula is C10H6N2OS. The summed E-state index contributed by atoms with van der Waals surface area (Å²) in [6.45, 7) is 0. The van der Waals surface area contributed by atoms with Gasteiger partial charge >= 0.3 is 0 Å². The molecule has 0 radical (unpaired) electrons. The molecule has 0 saturated heterocycles. The summed E-state index contributed by atoms with van der Waals surface area (Å²) < 4.78 is 0. The molecule has 0 aromatic carbocycles. The maximum absolute atomic E-state index is 11.0. The van der Waals surface area contributed by atoms with Crippen LogP contribution in [0.2, 0.25) is 0 Å². The Kier molecular flexibility index (Phi) is 1.58. The molecule has 0 bridgehead atoms. The van der Waals surface area contributed by atoms with Crippen molar-refractivity contribution < 1.29 is 4.79 Å². The zero-order valence-electron chi connectivity index (χ0n) is 7.23. The van der Waals surface area contributed by atoms with Crippen molar-refractivity contribution in [1.29, 1.82) is 0 Å². The molecule has 3 rings (SSSR count). The predicted octanol–water partition coefficient (Wildman–Crippen LogP) is 0.141. The average Bonchev–Trinajstić information content (AvgIpc) is 2.61. The lowest BCUT2D eigenvalue weighted by molar-refractivity contribution is -0.113. The Hall–Kier alpha value is -1.42. The molecule has 3 heterocycles. The molecule has 0 N–H and O–H groups in total. The van der Waals surface area contributed by atoms with Crippen LogP contribution in [-0.4, -0.2) is 16.6 Å². The molecule has 0 aliphatic carbocycles.